The molecule has 0 spiro atoms. The van der Waals surface area contributed by atoms with E-state index in [0.717, 1.165) is 33.6 Å². The summed E-state index contributed by atoms with van der Waals surface area (Å²) in [5.41, 5.74) is -6.10. The van der Waals surface area contributed by atoms with Crippen LogP contribution in [0.15, 0.2) is 36.4 Å². The van der Waals surface area contributed by atoms with Gasteiger partial charge in [-0.1, -0.05) is 26.7 Å². The van der Waals surface area contributed by atoms with Gasteiger partial charge in [0.2, 0.25) is 0 Å². The number of nitro benzene ring substituents is 4. The minimum atomic E-state index is -1.02. The molecule has 0 fully saturated rings. The highest BCUT2D eigenvalue weighted by atomic mass is 16.6. The van der Waals surface area contributed by atoms with Crippen molar-refractivity contribution >= 4 is 57.0 Å². The van der Waals surface area contributed by atoms with Gasteiger partial charge < -0.3 is 9.47 Å². The van der Waals surface area contributed by atoms with Crippen molar-refractivity contribution in [1.29, 1.82) is 0 Å². The number of nitrogens with zero attached hydrogens (tertiary/aromatic N) is 10. The summed E-state index contributed by atoms with van der Waals surface area (Å²) >= 11 is 0. The van der Waals surface area contributed by atoms with E-state index in [1.54, 1.807) is 0 Å². The Labute approximate surface area is 277 Å². The molecule has 0 aliphatic carbocycles. The number of ether oxygens (including phenoxy) is 2. The molecule has 5 rings (SSSR count). The molecule has 258 valence electrons. The van der Waals surface area contributed by atoms with Crippen molar-refractivity contribution < 1.29 is 38.8 Å². The van der Waals surface area contributed by atoms with Gasteiger partial charge in [-0.3, -0.25) is 40.5 Å². The number of carbonyl (C=O) groups excluding carboxylic acids is 2. The number of benzene rings is 2. The average Bonchev–Trinajstić information content (AvgIpc) is 3.65. The van der Waals surface area contributed by atoms with Gasteiger partial charge in [-0.2, -0.15) is 10.2 Å². The molecule has 0 amide bonds. The predicted molar refractivity (Wildman–Crippen MR) is 168 cm³/mol. The van der Waals surface area contributed by atoms with Gasteiger partial charge >= 0.3 is 23.3 Å². The first-order valence-corrected chi connectivity index (χ1v) is 14.8. The second-order valence-electron chi connectivity index (χ2n) is 10.4. The van der Waals surface area contributed by atoms with E-state index in [2.05, 4.69) is 20.2 Å². The van der Waals surface area contributed by atoms with Gasteiger partial charge in [0, 0.05) is 12.1 Å². The molecule has 0 saturated carbocycles. The Kier molecular flexibility index (Phi) is 9.62. The number of fused-ring (bicyclic) bond motifs is 2. The molecule has 0 radical (unpaired) electrons. The zero-order valence-electron chi connectivity index (χ0n) is 26.1. The van der Waals surface area contributed by atoms with Gasteiger partial charge in [-0.15, -0.1) is 0 Å². The van der Waals surface area contributed by atoms with Gasteiger partial charge in [-0.25, -0.2) is 28.9 Å². The highest BCUT2D eigenvalue weighted by molar-refractivity contribution is 6.05. The molecule has 22 nitrogen and oxygen atoms in total. The predicted octanol–water partition coefficient (Wildman–Crippen LogP) is 4.70. The van der Waals surface area contributed by atoms with Gasteiger partial charge in [-0.05, 0) is 25.0 Å². The number of nitro groups is 4. The van der Waals surface area contributed by atoms with Crippen molar-refractivity contribution in [3.05, 3.63) is 88.2 Å². The molecular weight excluding hydrogens is 668 g/mol. The summed E-state index contributed by atoms with van der Waals surface area (Å²) < 4.78 is 12.2. The van der Waals surface area contributed by atoms with E-state index in [1.165, 1.54) is 0 Å². The molecule has 0 N–H and O–H groups in total. The summed E-state index contributed by atoms with van der Waals surface area (Å²) in [6.45, 7) is 3.63. The maximum atomic E-state index is 13.3. The van der Waals surface area contributed by atoms with Crippen LogP contribution in [0.4, 0.5) is 22.7 Å². The fourth-order valence-corrected chi connectivity index (χ4v) is 4.69. The first kappa shape index (κ1) is 34.3. The zero-order valence-corrected chi connectivity index (χ0v) is 26.1. The van der Waals surface area contributed by atoms with Crippen LogP contribution >= 0.6 is 0 Å². The van der Waals surface area contributed by atoms with Crippen molar-refractivity contribution in [1.82, 2.24) is 29.5 Å². The molecule has 50 heavy (non-hydrogen) atoms. The third-order valence-electron chi connectivity index (χ3n) is 7.15. The number of aromatic nitrogens is 6. The molecule has 3 heterocycles. The molecule has 0 bridgehead atoms. The van der Waals surface area contributed by atoms with Crippen LogP contribution in [0.1, 0.15) is 60.5 Å². The first-order valence-electron chi connectivity index (χ1n) is 14.8. The fourth-order valence-electron chi connectivity index (χ4n) is 4.69. The lowest BCUT2D eigenvalue weighted by Gasteiger charge is -2.06. The maximum absolute atomic E-state index is 13.3. The van der Waals surface area contributed by atoms with Crippen molar-refractivity contribution in [3.63, 3.8) is 0 Å². The van der Waals surface area contributed by atoms with Crippen molar-refractivity contribution in [2.75, 3.05) is 13.2 Å². The second-order valence-corrected chi connectivity index (χ2v) is 10.4. The molecule has 22 heteroatoms. The topological polar surface area (TPSA) is 287 Å². The van der Waals surface area contributed by atoms with Gasteiger partial charge in [0.25, 0.3) is 11.4 Å². The SMILES string of the molecule is CCCCOC(=O)c1nn(-c2ccc([N+](=O)[O-])cc2[N+](=O)[O-])c2nc3c(nc12)c(C(=O)OCCCC)nn3-c1ccc([N+](=O)[O-])cc1[N+](=O)[O-]. The van der Waals surface area contributed by atoms with Crippen LogP contribution in [0.2, 0.25) is 0 Å². The molecule has 0 aliphatic heterocycles. The van der Waals surface area contributed by atoms with E-state index >= 15 is 0 Å². The van der Waals surface area contributed by atoms with Crippen LogP contribution in [0.25, 0.3) is 33.7 Å². The normalized spacial score (nSPS) is 11.1. The lowest BCUT2D eigenvalue weighted by atomic mass is 10.2. The summed E-state index contributed by atoms with van der Waals surface area (Å²) in [4.78, 5) is 78.8. The molecular formula is C28H24N10O12. The Morgan fingerprint density at radius 3 is 1.38 bits per heavy atom. The van der Waals surface area contributed by atoms with Gasteiger partial charge in [0.05, 0.1) is 45.0 Å². The largest absolute Gasteiger partial charge is 0.461 e. The van der Waals surface area contributed by atoms with Crippen LogP contribution < -0.4 is 0 Å². The summed E-state index contributed by atoms with van der Waals surface area (Å²) in [5, 5.41) is 55.3. The standard InChI is InChI=1S/C28H24N10O12/c1-3-5-11-49-27(39)23-21-25(33(31-23)17-9-7-15(35(41)42)13-19(17)37(45)46)30-26-22(29-21)24(28(40)50-12-6-4-2)32-34(26)18-10-8-16(36(43)44)14-20(18)38(47)48/h7-10,13-14H,3-6,11-12H2,1-2H3. The number of rotatable bonds is 14. The summed E-state index contributed by atoms with van der Waals surface area (Å²) in [5.74, 6) is -2.04. The van der Waals surface area contributed by atoms with E-state index in [4.69, 9.17) is 9.47 Å². The molecule has 3 aromatic heterocycles. The minimum Gasteiger partial charge on any atom is -0.461 e. The smallest absolute Gasteiger partial charge is 0.361 e. The number of hydrogen-bond donors (Lipinski definition) is 0. The first-order chi connectivity index (χ1) is 23.9. The van der Waals surface area contributed by atoms with E-state index in [0.29, 0.717) is 37.8 Å². The van der Waals surface area contributed by atoms with Crippen LogP contribution in [0, 0.1) is 40.5 Å². The molecule has 0 atom stereocenters. The monoisotopic (exact) mass is 692 g/mol. The van der Waals surface area contributed by atoms with E-state index in [9.17, 15) is 50.0 Å². The van der Waals surface area contributed by atoms with E-state index < -0.39 is 77.1 Å². The summed E-state index contributed by atoms with van der Waals surface area (Å²) in [6.07, 6.45) is 2.27. The Hall–Kier alpha value is -7.00. The Balaban J connectivity index is 1.88. The molecule has 0 saturated heterocycles. The van der Waals surface area contributed by atoms with Crippen molar-refractivity contribution in [2.24, 2.45) is 0 Å². The van der Waals surface area contributed by atoms with Gasteiger partial charge in [0.15, 0.2) is 22.7 Å². The van der Waals surface area contributed by atoms with Crippen LogP contribution in [-0.4, -0.2) is 74.4 Å². The van der Waals surface area contributed by atoms with E-state index in [-0.39, 0.29) is 35.5 Å². The lowest BCUT2D eigenvalue weighted by Crippen LogP contribution is -2.10. The number of non-ortho nitro benzene ring substituents is 2. The fraction of sp³-hybridized carbons (Fsp3) is 0.286. The number of hydrogen-bond acceptors (Lipinski definition) is 16. The molecule has 5 aromatic rings. The molecule has 0 aliphatic rings. The van der Waals surface area contributed by atoms with Crippen molar-refractivity contribution in [3.8, 4) is 11.4 Å². The third kappa shape index (κ3) is 6.43. The highest BCUT2D eigenvalue weighted by Crippen LogP contribution is 2.34. The van der Waals surface area contributed by atoms with E-state index in [1.807, 2.05) is 13.8 Å². The zero-order chi connectivity index (χ0) is 36.3. The van der Waals surface area contributed by atoms with Crippen LogP contribution in [0.3, 0.4) is 0 Å². The minimum absolute atomic E-state index is 0.0339. The average molecular weight is 693 g/mol. The van der Waals surface area contributed by atoms with Crippen LogP contribution in [-0.2, 0) is 9.47 Å². The van der Waals surface area contributed by atoms with Crippen molar-refractivity contribution in [2.45, 2.75) is 39.5 Å². The number of unbranched alkanes of at least 4 members (excludes halogenated alkanes) is 2. The Bertz CT molecular complexity index is 2080. The number of carbonyl (C=O) groups is 2. The second kappa shape index (κ2) is 14.0. The third-order valence-corrected chi connectivity index (χ3v) is 7.15. The Morgan fingerprint density at radius 2 is 1.04 bits per heavy atom. The van der Waals surface area contributed by atoms with Gasteiger partial charge in [0.1, 0.15) is 22.4 Å². The van der Waals surface area contributed by atoms with Crippen LogP contribution in [0.5, 0.6) is 0 Å². The molecule has 0 unspecified atom stereocenters. The molecule has 2 aromatic carbocycles. The highest BCUT2D eigenvalue weighted by Gasteiger charge is 2.32. The maximum Gasteiger partial charge on any atom is 0.361 e. The summed E-state index contributed by atoms with van der Waals surface area (Å²) in [6, 6.07) is 5.24. The Morgan fingerprint density at radius 1 is 0.640 bits per heavy atom. The summed E-state index contributed by atoms with van der Waals surface area (Å²) in [7, 11) is 0. The lowest BCUT2D eigenvalue weighted by molar-refractivity contribution is -0.394. The quantitative estimate of drug-likeness (QED) is 0.0659. The number of esters is 2.